The Balaban J connectivity index is 1.58. The number of nitrogens with zero attached hydrogens (tertiary/aromatic N) is 2. The summed E-state index contributed by atoms with van der Waals surface area (Å²) in [6.45, 7) is 0. The molecule has 0 spiro atoms. The molecule has 0 bridgehead atoms. The van der Waals surface area contributed by atoms with Crippen LogP contribution in [0.3, 0.4) is 0 Å². The zero-order chi connectivity index (χ0) is 20.4. The van der Waals surface area contributed by atoms with Crippen molar-refractivity contribution in [2.45, 2.75) is 0 Å². The van der Waals surface area contributed by atoms with Gasteiger partial charge in [-0.1, -0.05) is 121 Å². The van der Waals surface area contributed by atoms with Crippen LogP contribution in [0.15, 0.2) is 119 Å². The summed E-state index contributed by atoms with van der Waals surface area (Å²) in [7, 11) is 0. The first-order valence-electron chi connectivity index (χ1n) is 9.94. The Kier molecular flexibility index (Phi) is 6.39. The summed E-state index contributed by atoms with van der Waals surface area (Å²) in [5.41, 5.74) is 6.05. The minimum atomic E-state index is 0.839. The van der Waals surface area contributed by atoms with Crippen LogP contribution in [0.25, 0.3) is 24.3 Å². The van der Waals surface area contributed by atoms with Crippen molar-refractivity contribution in [2.24, 2.45) is 10.2 Å². The lowest BCUT2D eigenvalue weighted by Crippen LogP contribution is -1.76. The van der Waals surface area contributed by atoms with E-state index in [4.69, 9.17) is 0 Å². The molecular formula is C28H22N2. The maximum atomic E-state index is 4.54. The van der Waals surface area contributed by atoms with Crippen LogP contribution in [0, 0.1) is 0 Å². The smallest absolute Gasteiger partial charge is 0.0929 e. The molecule has 2 nitrogen and oxygen atoms in total. The lowest BCUT2D eigenvalue weighted by Gasteiger charge is -2.02. The molecule has 0 saturated carbocycles. The highest BCUT2D eigenvalue weighted by Crippen LogP contribution is 2.27. The van der Waals surface area contributed by atoms with Crippen molar-refractivity contribution in [3.05, 3.63) is 131 Å². The van der Waals surface area contributed by atoms with Gasteiger partial charge in [0.05, 0.1) is 11.4 Å². The number of hydrogen-bond donors (Lipinski definition) is 0. The molecule has 4 aromatic carbocycles. The van der Waals surface area contributed by atoms with Crippen LogP contribution in [-0.2, 0) is 0 Å². The van der Waals surface area contributed by atoms with Crippen molar-refractivity contribution in [2.75, 3.05) is 0 Å². The first kappa shape index (κ1) is 19.3. The molecule has 30 heavy (non-hydrogen) atoms. The van der Waals surface area contributed by atoms with Gasteiger partial charge in [0.2, 0.25) is 0 Å². The van der Waals surface area contributed by atoms with E-state index in [-0.39, 0.29) is 0 Å². The van der Waals surface area contributed by atoms with Crippen molar-refractivity contribution < 1.29 is 0 Å². The summed E-state index contributed by atoms with van der Waals surface area (Å²) >= 11 is 0. The standard InChI is InChI=1S/C28H22N2/c1-3-11-23(12-4-1)19-21-25-15-7-9-17-27(25)29-30-28-18-10-8-16-26(28)22-20-24-13-5-2-6-14-24/h1-22H/b21-19+,22-20+,30-29?. The number of benzene rings is 4. The van der Waals surface area contributed by atoms with Crippen molar-refractivity contribution in [1.29, 1.82) is 0 Å². The number of rotatable bonds is 6. The van der Waals surface area contributed by atoms with Crippen LogP contribution in [0.4, 0.5) is 11.4 Å². The van der Waals surface area contributed by atoms with Gasteiger partial charge >= 0.3 is 0 Å². The lowest BCUT2D eigenvalue weighted by molar-refractivity contribution is 1.22. The zero-order valence-electron chi connectivity index (χ0n) is 16.6. The largest absolute Gasteiger partial charge is 0.150 e. The molecule has 0 N–H and O–H groups in total. The minimum Gasteiger partial charge on any atom is -0.150 e. The second-order valence-electron chi connectivity index (χ2n) is 6.81. The molecule has 4 aromatic rings. The first-order valence-corrected chi connectivity index (χ1v) is 9.94. The quantitative estimate of drug-likeness (QED) is 0.235. The molecule has 0 aliphatic rings. The van der Waals surface area contributed by atoms with Crippen molar-refractivity contribution >= 4 is 35.7 Å². The topological polar surface area (TPSA) is 24.7 Å². The fourth-order valence-electron chi connectivity index (χ4n) is 3.05. The van der Waals surface area contributed by atoms with Gasteiger partial charge in [-0.15, -0.1) is 10.2 Å². The summed E-state index contributed by atoms with van der Waals surface area (Å²) < 4.78 is 0. The summed E-state index contributed by atoms with van der Waals surface area (Å²) in [5.74, 6) is 0. The van der Waals surface area contributed by atoms with Crippen LogP contribution < -0.4 is 0 Å². The van der Waals surface area contributed by atoms with E-state index in [0.717, 1.165) is 33.6 Å². The molecule has 4 rings (SSSR count). The van der Waals surface area contributed by atoms with E-state index in [1.165, 1.54) is 0 Å². The average molecular weight is 386 g/mol. The van der Waals surface area contributed by atoms with E-state index >= 15 is 0 Å². The van der Waals surface area contributed by atoms with Crippen LogP contribution in [0.5, 0.6) is 0 Å². The maximum Gasteiger partial charge on any atom is 0.0929 e. The summed E-state index contributed by atoms with van der Waals surface area (Å²) in [6.07, 6.45) is 8.32. The molecule has 0 aliphatic carbocycles. The zero-order valence-corrected chi connectivity index (χ0v) is 16.6. The maximum absolute atomic E-state index is 4.54. The molecule has 0 fully saturated rings. The number of hydrogen-bond acceptors (Lipinski definition) is 2. The van der Waals surface area contributed by atoms with Gasteiger partial charge in [0, 0.05) is 11.1 Å². The number of azo groups is 1. The normalized spacial score (nSPS) is 11.6. The van der Waals surface area contributed by atoms with Crippen LogP contribution in [-0.4, -0.2) is 0 Å². The van der Waals surface area contributed by atoms with Crippen LogP contribution in [0.2, 0.25) is 0 Å². The van der Waals surface area contributed by atoms with Gasteiger partial charge in [0.1, 0.15) is 0 Å². The van der Waals surface area contributed by atoms with Gasteiger partial charge in [0.25, 0.3) is 0 Å². The van der Waals surface area contributed by atoms with Gasteiger partial charge in [-0.2, -0.15) is 0 Å². The summed E-state index contributed by atoms with van der Waals surface area (Å²) in [6, 6.07) is 36.5. The predicted molar refractivity (Wildman–Crippen MR) is 128 cm³/mol. The highest BCUT2D eigenvalue weighted by molar-refractivity contribution is 5.76. The highest BCUT2D eigenvalue weighted by atomic mass is 15.1. The van der Waals surface area contributed by atoms with Gasteiger partial charge in [-0.3, -0.25) is 0 Å². The average Bonchev–Trinajstić information content (AvgIpc) is 2.82. The fraction of sp³-hybridized carbons (Fsp3) is 0. The second kappa shape index (κ2) is 9.94. The van der Waals surface area contributed by atoms with Gasteiger partial charge in [0.15, 0.2) is 0 Å². The Labute approximate surface area is 177 Å². The Morgan fingerprint density at radius 1 is 0.367 bits per heavy atom. The van der Waals surface area contributed by atoms with E-state index in [0.29, 0.717) is 0 Å². The van der Waals surface area contributed by atoms with Crippen molar-refractivity contribution in [3.63, 3.8) is 0 Å². The van der Waals surface area contributed by atoms with Crippen molar-refractivity contribution in [3.8, 4) is 0 Å². The summed E-state index contributed by atoms with van der Waals surface area (Å²) in [4.78, 5) is 0. The van der Waals surface area contributed by atoms with Crippen LogP contribution in [0.1, 0.15) is 22.3 Å². The Morgan fingerprint density at radius 3 is 1.17 bits per heavy atom. The monoisotopic (exact) mass is 386 g/mol. The molecule has 144 valence electrons. The van der Waals surface area contributed by atoms with Crippen LogP contribution >= 0.6 is 0 Å². The molecular weight excluding hydrogens is 364 g/mol. The second-order valence-corrected chi connectivity index (χ2v) is 6.81. The third-order valence-corrected chi connectivity index (χ3v) is 4.65. The molecule has 0 aromatic heterocycles. The van der Waals surface area contributed by atoms with E-state index in [9.17, 15) is 0 Å². The Hall–Kier alpha value is -4.04. The highest BCUT2D eigenvalue weighted by Gasteiger charge is 2.00. The molecule has 0 aliphatic heterocycles. The Bertz CT molecular complexity index is 1080. The third kappa shape index (κ3) is 5.27. The molecule has 0 saturated heterocycles. The minimum absolute atomic E-state index is 0.839. The third-order valence-electron chi connectivity index (χ3n) is 4.65. The SMILES string of the molecule is C(=C\c1ccccc1N=Nc1ccccc1/C=C/c1ccccc1)/c1ccccc1. The van der Waals surface area contributed by atoms with E-state index in [1.54, 1.807) is 0 Å². The first-order chi connectivity index (χ1) is 14.9. The molecule has 0 unspecified atom stereocenters. The van der Waals surface area contributed by atoms with E-state index in [2.05, 4.69) is 70.9 Å². The molecule has 0 radical (unpaired) electrons. The van der Waals surface area contributed by atoms with Gasteiger partial charge in [-0.25, -0.2) is 0 Å². The van der Waals surface area contributed by atoms with Gasteiger partial charge < -0.3 is 0 Å². The van der Waals surface area contributed by atoms with Crippen molar-refractivity contribution in [1.82, 2.24) is 0 Å². The molecule has 0 heterocycles. The molecule has 2 heteroatoms. The fourth-order valence-corrected chi connectivity index (χ4v) is 3.05. The predicted octanol–water partition coefficient (Wildman–Crippen LogP) is 8.44. The van der Waals surface area contributed by atoms with Gasteiger partial charge in [-0.05, 0) is 23.3 Å². The van der Waals surface area contributed by atoms with E-state index < -0.39 is 0 Å². The molecule has 0 atom stereocenters. The summed E-state index contributed by atoms with van der Waals surface area (Å²) in [5, 5.41) is 9.09. The van der Waals surface area contributed by atoms with E-state index in [1.807, 2.05) is 72.8 Å². The lowest BCUT2D eigenvalue weighted by atomic mass is 10.1. The molecule has 0 amide bonds. The Morgan fingerprint density at radius 2 is 0.733 bits per heavy atom.